The van der Waals surface area contributed by atoms with Crippen LogP contribution in [0.5, 0.6) is 11.5 Å². The molecule has 1 aliphatic heterocycles. The summed E-state index contributed by atoms with van der Waals surface area (Å²) in [5.74, 6) is 1.23. The summed E-state index contributed by atoms with van der Waals surface area (Å²) in [6.45, 7) is 2.00. The van der Waals surface area contributed by atoms with Crippen molar-refractivity contribution in [1.29, 1.82) is 0 Å². The van der Waals surface area contributed by atoms with Crippen molar-refractivity contribution in [3.05, 3.63) is 22.7 Å². The predicted molar refractivity (Wildman–Crippen MR) is 77.8 cm³/mol. The van der Waals surface area contributed by atoms with E-state index >= 15 is 0 Å². The fourth-order valence-electron chi connectivity index (χ4n) is 2.45. The number of unbranched alkanes of at least 4 members (excludes halogenated alkanes) is 1. The Labute approximate surface area is 123 Å². The highest BCUT2D eigenvalue weighted by Crippen LogP contribution is 2.24. The molecule has 1 aromatic rings. The first-order chi connectivity index (χ1) is 10.1. The molecule has 1 aliphatic rings. The molecule has 116 valence electrons. The highest BCUT2D eigenvalue weighted by Gasteiger charge is 2.21. The second kappa shape index (κ2) is 6.78. The molecule has 21 heavy (non-hydrogen) atoms. The fraction of sp³-hybridized carbons (Fsp3) is 0.533. The van der Waals surface area contributed by atoms with Gasteiger partial charge in [-0.1, -0.05) is 0 Å². The maximum atomic E-state index is 10.2. The Morgan fingerprint density at radius 1 is 1.19 bits per heavy atom. The summed E-state index contributed by atoms with van der Waals surface area (Å²) in [7, 11) is 3.16. The Kier molecular flexibility index (Phi) is 5.03. The standard InChI is InChI=1S/C15H22N2O4/c1-10-11-8-13(20-2)14(21-3)9-12(11)16-15(17(10)19)6-4-5-7-18/h8-9,15,18-19H,4-7H2,1-3H3. The number of nitrogens with zero attached hydrogens (tertiary/aromatic N) is 2. The lowest BCUT2D eigenvalue weighted by atomic mass is 10.1. The van der Waals surface area contributed by atoms with Gasteiger partial charge in [-0.05, 0) is 32.3 Å². The van der Waals surface area contributed by atoms with Gasteiger partial charge in [0.05, 0.1) is 19.6 Å². The van der Waals surface area contributed by atoms with Crippen molar-refractivity contribution in [1.82, 2.24) is 5.06 Å². The van der Waals surface area contributed by atoms with Crippen LogP contribution in [0.25, 0.3) is 5.70 Å². The van der Waals surface area contributed by atoms with E-state index in [1.165, 1.54) is 5.06 Å². The lowest BCUT2D eigenvalue weighted by Crippen LogP contribution is -2.43. The van der Waals surface area contributed by atoms with E-state index in [2.05, 4.69) is 4.99 Å². The molecule has 1 unspecified atom stereocenters. The largest absolute Gasteiger partial charge is 0.493 e. The Bertz CT molecular complexity index is 615. The molecule has 1 atom stereocenters. The molecule has 6 nitrogen and oxygen atoms in total. The third kappa shape index (κ3) is 3.11. The van der Waals surface area contributed by atoms with Gasteiger partial charge in [0.25, 0.3) is 0 Å². The van der Waals surface area contributed by atoms with E-state index in [-0.39, 0.29) is 12.8 Å². The Morgan fingerprint density at radius 2 is 1.86 bits per heavy atom. The van der Waals surface area contributed by atoms with Crippen molar-refractivity contribution in [3.8, 4) is 11.5 Å². The number of rotatable bonds is 6. The highest BCUT2D eigenvalue weighted by atomic mass is 16.5. The summed E-state index contributed by atoms with van der Waals surface area (Å²) < 4.78 is 10.6. The summed E-state index contributed by atoms with van der Waals surface area (Å²) in [6, 6.07) is 3.64. The van der Waals surface area contributed by atoms with E-state index in [9.17, 15) is 5.21 Å². The zero-order valence-corrected chi connectivity index (χ0v) is 12.7. The molecule has 2 N–H and O–H groups in total. The minimum atomic E-state index is -0.331. The van der Waals surface area contributed by atoms with Gasteiger partial charge < -0.3 is 14.6 Å². The van der Waals surface area contributed by atoms with Gasteiger partial charge in [-0.2, -0.15) is 0 Å². The quantitative estimate of drug-likeness (QED) is 0.753. The van der Waals surface area contributed by atoms with Gasteiger partial charge in [0, 0.05) is 23.6 Å². The molecule has 1 heterocycles. The van der Waals surface area contributed by atoms with Crippen LogP contribution >= 0.6 is 0 Å². The van der Waals surface area contributed by atoms with Crippen molar-refractivity contribution in [3.63, 3.8) is 0 Å². The molecule has 2 rings (SSSR count). The van der Waals surface area contributed by atoms with Gasteiger partial charge in [0.1, 0.15) is 6.17 Å². The first-order valence-electron chi connectivity index (χ1n) is 7.02. The lowest BCUT2D eigenvalue weighted by molar-refractivity contribution is -0.0720. The SMILES string of the molecule is COc1cc2c(cc1OC)=C(C)N(O)C(CCCCO)N=2. The normalized spacial score (nSPS) is 17.3. The van der Waals surface area contributed by atoms with Gasteiger partial charge in [0.15, 0.2) is 11.5 Å². The van der Waals surface area contributed by atoms with Gasteiger partial charge in [0.2, 0.25) is 0 Å². The lowest BCUT2D eigenvalue weighted by Gasteiger charge is -2.28. The van der Waals surface area contributed by atoms with Crippen molar-refractivity contribution in [2.75, 3.05) is 20.8 Å². The van der Waals surface area contributed by atoms with Gasteiger partial charge in [-0.25, -0.2) is 5.06 Å². The zero-order chi connectivity index (χ0) is 15.4. The molecule has 0 amide bonds. The topological polar surface area (TPSA) is 74.5 Å². The monoisotopic (exact) mass is 294 g/mol. The Hall–Kier alpha value is -1.79. The molecule has 0 aromatic heterocycles. The summed E-state index contributed by atoms with van der Waals surface area (Å²) in [5, 5.41) is 21.9. The van der Waals surface area contributed by atoms with Crippen LogP contribution in [0.2, 0.25) is 0 Å². The molecule has 0 saturated carbocycles. The maximum Gasteiger partial charge on any atom is 0.162 e. The molecule has 6 heteroatoms. The minimum Gasteiger partial charge on any atom is -0.493 e. The summed E-state index contributed by atoms with van der Waals surface area (Å²) in [5.41, 5.74) is 0.731. The maximum absolute atomic E-state index is 10.2. The Balaban J connectivity index is 2.44. The molecule has 0 radical (unpaired) electrons. The number of aliphatic hydroxyl groups excluding tert-OH is 1. The molecule has 0 saturated heterocycles. The molecule has 0 spiro atoms. The number of methoxy groups -OCH3 is 2. The zero-order valence-electron chi connectivity index (χ0n) is 12.7. The van der Waals surface area contributed by atoms with Crippen LogP contribution < -0.4 is 20.0 Å². The van der Waals surface area contributed by atoms with Crippen LogP contribution in [0.15, 0.2) is 17.1 Å². The number of hydrogen-bond donors (Lipinski definition) is 2. The summed E-state index contributed by atoms with van der Waals surface area (Å²) in [6.07, 6.45) is 1.86. The van der Waals surface area contributed by atoms with E-state index in [0.717, 1.165) is 22.7 Å². The van der Waals surface area contributed by atoms with Crippen LogP contribution in [-0.2, 0) is 0 Å². The summed E-state index contributed by atoms with van der Waals surface area (Å²) in [4.78, 5) is 4.57. The number of hydrogen-bond acceptors (Lipinski definition) is 6. The van der Waals surface area contributed by atoms with Gasteiger partial charge in [-0.3, -0.25) is 10.2 Å². The molecule has 0 fully saturated rings. The average molecular weight is 294 g/mol. The number of aliphatic hydroxyl groups is 1. The first-order valence-corrected chi connectivity index (χ1v) is 7.02. The van der Waals surface area contributed by atoms with E-state index in [1.54, 1.807) is 14.2 Å². The number of hydroxylamine groups is 2. The molecule has 0 bridgehead atoms. The average Bonchev–Trinajstić information content (AvgIpc) is 2.51. The van der Waals surface area contributed by atoms with Crippen LogP contribution in [0, 0.1) is 0 Å². The summed E-state index contributed by atoms with van der Waals surface area (Å²) >= 11 is 0. The molecule has 0 aliphatic carbocycles. The van der Waals surface area contributed by atoms with E-state index in [4.69, 9.17) is 14.6 Å². The number of fused-ring (bicyclic) bond motifs is 1. The van der Waals surface area contributed by atoms with Crippen molar-refractivity contribution >= 4 is 5.70 Å². The number of benzene rings is 1. The minimum absolute atomic E-state index is 0.155. The molecular formula is C15H22N2O4. The van der Waals surface area contributed by atoms with Crippen molar-refractivity contribution in [2.45, 2.75) is 32.4 Å². The van der Waals surface area contributed by atoms with E-state index in [0.29, 0.717) is 24.3 Å². The van der Waals surface area contributed by atoms with Crippen LogP contribution in [0.1, 0.15) is 26.2 Å². The van der Waals surface area contributed by atoms with Crippen molar-refractivity contribution < 1.29 is 19.8 Å². The Morgan fingerprint density at radius 3 is 2.48 bits per heavy atom. The predicted octanol–water partition coefficient (Wildman–Crippen LogP) is 0.645. The second-order valence-electron chi connectivity index (χ2n) is 4.98. The second-order valence-corrected chi connectivity index (χ2v) is 4.98. The first kappa shape index (κ1) is 15.6. The third-order valence-corrected chi connectivity index (χ3v) is 3.68. The molecular weight excluding hydrogens is 272 g/mol. The highest BCUT2D eigenvalue weighted by molar-refractivity contribution is 5.47. The van der Waals surface area contributed by atoms with Gasteiger partial charge in [-0.15, -0.1) is 0 Å². The van der Waals surface area contributed by atoms with E-state index in [1.807, 2.05) is 19.1 Å². The van der Waals surface area contributed by atoms with Crippen LogP contribution in [0.3, 0.4) is 0 Å². The van der Waals surface area contributed by atoms with Gasteiger partial charge >= 0.3 is 0 Å². The van der Waals surface area contributed by atoms with Crippen LogP contribution in [-0.4, -0.2) is 42.4 Å². The number of ether oxygens (including phenoxy) is 2. The van der Waals surface area contributed by atoms with Crippen LogP contribution in [0.4, 0.5) is 0 Å². The van der Waals surface area contributed by atoms with Crippen molar-refractivity contribution in [2.24, 2.45) is 4.99 Å². The van der Waals surface area contributed by atoms with E-state index < -0.39 is 0 Å². The smallest absolute Gasteiger partial charge is 0.162 e. The molecule has 1 aromatic carbocycles. The third-order valence-electron chi connectivity index (χ3n) is 3.68. The fourth-order valence-corrected chi connectivity index (χ4v) is 2.45.